The van der Waals surface area contributed by atoms with Crippen molar-refractivity contribution in [3.8, 4) is 6.07 Å². The second-order valence-corrected chi connectivity index (χ2v) is 8.09. The molecule has 2 heterocycles. The number of allylic oxidation sites excluding steroid dienone is 3. The second-order valence-electron chi connectivity index (χ2n) is 8.09. The molecular formula is C19H24N4O2. The number of nitrogens with zero attached hydrogens (tertiary/aromatic N) is 3. The average Bonchev–Trinajstić information content (AvgIpc) is 2.91. The quantitative estimate of drug-likeness (QED) is 0.913. The summed E-state index contributed by atoms with van der Waals surface area (Å²) in [5.41, 5.74) is 7.50. The minimum atomic E-state index is -0.488. The fraction of sp³-hybridized carbons (Fsp3) is 0.526. The van der Waals surface area contributed by atoms with Crippen molar-refractivity contribution in [3.63, 3.8) is 0 Å². The highest BCUT2D eigenvalue weighted by Crippen LogP contribution is 2.47. The number of aromatic nitrogens is 2. The van der Waals surface area contributed by atoms with Crippen LogP contribution in [0.1, 0.15) is 52.0 Å². The highest BCUT2D eigenvalue weighted by molar-refractivity contribution is 6.00. The van der Waals surface area contributed by atoms with Crippen LogP contribution in [0, 0.1) is 22.7 Å². The van der Waals surface area contributed by atoms with Gasteiger partial charge in [0.15, 0.2) is 5.78 Å². The second kappa shape index (κ2) is 6.07. The maximum absolute atomic E-state index is 12.8. The SMILES string of the molecule is CC(C)Cn1cc(C2C(C#N)=C(N)OC3=C2C(=O)CC(C)(C)C3)cn1. The summed E-state index contributed by atoms with van der Waals surface area (Å²) in [6.45, 7) is 9.07. The summed E-state index contributed by atoms with van der Waals surface area (Å²) in [4.78, 5) is 12.8. The van der Waals surface area contributed by atoms with Crippen LogP contribution in [0.3, 0.4) is 0 Å². The van der Waals surface area contributed by atoms with Crippen LogP contribution in [-0.4, -0.2) is 15.6 Å². The Morgan fingerprint density at radius 3 is 2.84 bits per heavy atom. The van der Waals surface area contributed by atoms with Crippen molar-refractivity contribution in [2.45, 2.75) is 53.0 Å². The van der Waals surface area contributed by atoms with Gasteiger partial charge in [-0.15, -0.1) is 0 Å². The van der Waals surface area contributed by atoms with Gasteiger partial charge in [0.2, 0.25) is 5.88 Å². The fourth-order valence-electron chi connectivity index (χ4n) is 3.62. The van der Waals surface area contributed by atoms with Gasteiger partial charge in [-0.05, 0) is 11.3 Å². The first-order valence-electron chi connectivity index (χ1n) is 8.58. The van der Waals surface area contributed by atoms with Crippen LogP contribution in [0.2, 0.25) is 0 Å². The van der Waals surface area contributed by atoms with Crippen LogP contribution in [0.5, 0.6) is 0 Å². The Hall–Kier alpha value is -2.55. The lowest BCUT2D eigenvalue weighted by atomic mass is 9.70. The maximum Gasteiger partial charge on any atom is 0.205 e. The number of hydrogen-bond acceptors (Lipinski definition) is 5. The van der Waals surface area contributed by atoms with Crippen LogP contribution in [0.15, 0.2) is 35.2 Å². The molecule has 0 aromatic carbocycles. The predicted molar refractivity (Wildman–Crippen MR) is 92.8 cm³/mol. The van der Waals surface area contributed by atoms with E-state index in [1.54, 1.807) is 6.20 Å². The zero-order chi connectivity index (χ0) is 18.4. The van der Waals surface area contributed by atoms with Gasteiger partial charge in [0.25, 0.3) is 0 Å². The van der Waals surface area contributed by atoms with Gasteiger partial charge in [0, 0.05) is 36.7 Å². The van der Waals surface area contributed by atoms with Gasteiger partial charge in [-0.2, -0.15) is 10.4 Å². The molecule has 0 fully saturated rings. The molecule has 2 N–H and O–H groups in total. The third-order valence-corrected chi connectivity index (χ3v) is 4.61. The average molecular weight is 340 g/mol. The van der Waals surface area contributed by atoms with Crippen molar-refractivity contribution in [2.24, 2.45) is 17.1 Å². The van der Waals surface area contributed by atoms with Crippen LogP contribution in [-0.2, 0) is 16.1 Å². The summed E-state index contributed by atoms with van der Waals surface area (Å²) < 4.78 is 7.53. The third kappa shape index (κ3) is 3.19. The van der Waals surface area contributed by atoms with Crippen LogP contribution in [0.4, 0.5) is 0 Å². The van der Waals surface area contributed by atoms with Crippen molar-refractivity contribution < 1.29 is 9.53 Å². The molecular weight excluding hydrogens is 316 g/mol. The zero-order valence-electron chi connectivity index (χ0n) is 15.2. The Bertz CT molecular complexity index is 821. The third-order valence-electron chi connectivity index (χ3n) is 4.61. The van der Waals surface area contributed by atoms with E-state index in [9.17, 15) is 10.1 Å². The van der Waals surface area contributed by atoms with Crippen molar-refractivity contribution >= 4 is 5.78 Å². The van der Waals surface area contributed by atoms with Crippen molar-refractivity contribution in [1.29, 1.82) is 5.26 Å². The Morgan fingerprint density at radius 2 is 2.20 bits per heavy atom. The van der Waals surface area contributed by atoms with Gasteiger partial charge in [0.1, 0.15) is 17.4 Å². The predicted octanol–water partition coefficient (Wildman–Crippen LogP) is 2.99. The van der Waals surface area contributed by atoms with Gasteiger partial charge in [-0.1, -0.05) is 27.7 Å². The molecule has 6 nitrogen and oxygen atoms in total. The molecule has 0 saturated heterocycles. The summed E-state index contributed by atoms with van der Waals surface area (Å²) in [7, 11) is 0. The lowest BCUT2D eigenvalue weighted by molar-refractivity contribution is -0.119. The zero-order valence-corrected chi connectivity index (χ0v) is 15.2. The molecule has 1 aromatic heterocycles. The van der Waals surface area contributed by atoms with Gasteiger partial charge in [-0.25, -0.2) is 0 Å². The molecule has 0 bridgehead atoms. The van der Waals surface area contributed by atoms with Gasteiger partial charge in [-0.3, -0.25) is 9.48 Å². The molecule has 1 unspecified atom stereocenters. The molecule has 0 amide bonds. The van der Waals surface area contributed by atoms with E-state index in [4.69, 9.17) is 10.5 Å². The molecule has 1 atom stereocenters. The van der Waals surface area contributed by atoms with Gasteiger partial charge < -0.3 is 10.5 Å². The summed E-state index contributed by atoms with van der Waals surface area (Å²) >= 11 is 0. The number of ether oxygens (including phenoxy) is 1. The minimum Gasteiger partial charge on any atom is -0.444 e. The molecule has 0 radical (unpaired) electrons. The maximum atomic E-state index is 12.8. The molecule has 0 saturated carbocycles. The Kier molecular flexibility index (Phi) is 4.19. The van der Waals surface area contributed by atoms with Crippen LogP contribution >= 0.6 is 0 Å². The Balaban J connectivity index is 2.08. The van der Waals surface area contributed by atoms with E-state index in [0.29, 0.717) is 30.1 Å². The van der Waals surface area contributed by atoms with Crippen molar-refractivity contribution in [1.82, 2.24) is 9.78 Å². The summed E-state index contributed by atoms with van der Waals surface area (Å²) in [5, 5.41) is 14.0. The van der Waals surface area contributed by atoms with Crippen LogP contribution in [0.25, 0.3) is 0 Å². The Morgan fingerprint density at radius 1 is 1.48 bits per heavy atom. The largest absolute Gasteiger partial charge is 0.444 e. The van der Waals surface area contributed by atoms with Gasteiger partial charge in [0.05, 0.1) is 12.1 Å². The number of Topliss-reactive ketones (excluding diaryl/α,β-unsaturated/α-hetero) is 1. The van der Waals surface area contributed by atoms with E-state index >= 15 is 0 Å². The number of ketones is 1. The summed E-state index contributed by atoms with van der Waals surface area (Å²) in [6, 6.07) is 2.13. The van der Waals surface area contributed by atoms with Gasteiger partial charge >= 0.3 is 0 Å². The van der Waals surface area contributed by atoms with E-state index in [0.717, 1.165) is 12.1 Å². The van der Waals surface area contributed by atoms with E-state index < -0.39 is 5.92 Å². The first kappa shape index (κ1) is 17.3. The van der Waals surface area contributed by atoms with Crippen molar-refractivity contribution in [3.05, 3.63) is 40.7 Å². The summed E-state index contributed by atoms with van der Waals surface area (Å²) in [5.74, 6) is 0.671. The topological polar surface area (TPSA) is 93.9 Å². The lowest BCUT2D eigenvalue weighted by Gasteiger charge is -2.36. The normalized spacial score (nSPS) is 22.7. The fourth-order valence-corrected chi connectivity index (χ4v) is 3.62. The number of nitrogens with two attached hydrogens (primary N) is 1. The number of carbonyl (C=O) groups excluding carboxylic acids is 1. The van der Waals surface area contributed by atoms with Crippen LogP contribution < -0.4 is 5.73 Å². The van der Waals surface area contributed by atoms with Crippen molar-refractivity contribution in [2.75, 3.05) is 0 Å². The number of carbonyl (C=O) groups is 1. The number of hydrogen-bond donors (Lipinski definition) is 1. The number of nitriles is 1. The lowest BCUT2D eigenvalue weighted by Crippen LogP contribution is -2.33. The molecule has 6 heteroatoms. The number of rotatable bonds is 3. The molecule has 1 aliphatic heterocycles. The molecule has 3 rings (SSSR count). The van der Waals surface area contributed by atoms with E-state index in [2.05, 4.69) is 25.0 Å². The summed E-state index contributed by atoms with van der Waals surface area (Å²) in [6.07, 6.45) is 4.69. The minimum absolute atomic E-state index is 0.0214. The first-order valence-corrected chi connectivity index (χ1v) is 8.58. The van der Waals surface area contributed by atoms with E-state index in [1.807, 2.05) is 24.7 Å². The molecule has 1 aromatic rings. The molecule has 25 heavy (non-hydrogen) atoms. The highest BCUT2D eigenvalue weighted by Gasteiger charge is 2.43. The smallest absolute Gasteiger partial charge is 0.205 e. The standard InChI is InChI=1S/C19H24N4O2/c1-11(2)9-23-10-12(8-22-23)16-13(7-20)18(21)25-15-6-19(3,4)5-14(24)17(15)16/h8,10-11,16H,5-6,9,21H2,1-4H3. The molecule has 2 aliphatic rings. The molecule has 132 valence electrons. The first-order chi connectivity index (χ1) is 11.7. The van der Waals surface area contributed by atoms with E-state index in [1.165, 1.54) is 0 Å². The monoisotopic (exact) mass is 340 g/mol. The highest BCUT2D eigenvalue weighted by atomic mass is 16.5. The van der Waals surface area contributed by atoms with E-state index in [-0.39, 0.29) is 22.7 Å². The Labute approximate surface area is 147 Å². The molecule has 0 spiro atoms. The molecule has 1 aliphatic carbocycles.